The normalized spacial score (nSPS) is 41.6. The van der Waals surface area contributed by atoms with Gasteiger partial charge in [-0.1, -0.05) is 38.8 Å². The first-order valence-corrected chi connectivity index (χ1v) is 10.8. The highest BCUT2D eigenvalue weighted by molar-refractivity contribution is 5.87. The molecule has 0 amide bonds. The van der Waals surface area contributed by atoms with Gasteiger partial charge in [-0.3, -0.25) is 9.59 Å². The number of fused-ring (bicyclic) bond motifs is 3. The molecule has 0 aliphatic heterocycles. The van der Waals surface area contributed by atoms with Crippen molar-refractivity contribution in [3.05, 3.63) is 11.6 Å². The number of Topliss-reactive ketones (excluding diaryl/α,β-unsaturated/α-hetero) is 2. The summed E-state index contributed by atoms with van der Waals surface area (Å²) in [4.78, 5) is 24.6. The molecule has 0 aromatic heterocycles. The molecule has 4 heteroatoms. The Morgan fingerprint density at radius 3 is 2.59 bits per heavy atom. The van der Waals surface area contributed by atoms with Gasteiger partial charge in [0.25, 0.3) is 0 Å². The third kappa shape index (κ3) is 2.95. The molecule has 0 saturated heterocycles. The van der Waals surface area contributed by atoms with Crippen LogP contribution in [-0.2, 0) is 9.59 Å². The van der Waals surface area contributed by atoms with Crippen LogP contribution in [0.5, 0.6) is 0 Å². The first kappa shape index (κ1) is 20.7. The Morgan fingerprint density at radius 1 is 1.26 bits per heavy atom. The summed E-state index contributed by atoms with van der Waals surface area (Å²) in [6.07, 6.45) is 10.6. The highest BCUT2D eigenvalue weighted by Crippen LogP contribution is 2.62. The number of carbonyl (C=O) groups excluding carboxylic acids is 2. The largest absolute Gasteiger partial charge is 0.324 e. The topological polar surface area (TPSA) is 86.2 Å². The molecule has 4 N–H and O–H groups in total. The molecular weight excluding hydrogens is 336 g/mol. The van der Waals surface area contributed by atoms with E-state index in [0.29, 0.717) is 24.5 Å². The minimum Gasteiger partial charge on any atom is -0.324 e. The van der Waals surface area contributed by atoms with Crippen molar-refractivity contribution in [2.45, 2.75) is 103 Å². The summed E-state index contributed by atoms with van der Waals surface area (Å²) in [6.45, 7) is 8.27. The maximum absolute atomic E-state index is 12.6. The van der Waals surface area contributed by atoms with Crippen molar-refractivity contribution in [2.75, 3.05) is 0 Å². The van der Waals surface area contributed by atoms with E-state index in [4.69, 9.17) is 11.5 Å². The van der Waals surface area contributed by atoms with Gasteiger partial charge in [0.1, 0.15) is 11.6 Å². The second-order valence-electron chi connectivity index (χ2n) is 10.1. The first-order valence-electron chi connectivity index (χ1n) is 10.8. The lowest BCUT2D eigenvalue weighted by Crippen LogP contribution is -2.69. The van der Waals surface area contributed by atoms with Crippen molar-refractivity contribution in [1.82, 2.24) is 0 Å². The molecule has 0 aromatic carbocycles. The van der Waals surface area contributed by atoms with E-state index in [-0.39, 0.29) is 22.2 Å². The van der Waals surface area contributed by atoms with Gasteiger partial charge >= 0.3 is 0 Å². The number of carbonyl (C=O) groups is 2. The zero-order valence-corrected chi connectivity index (χ0v) is 17.7. The van der Waals surface area contributed by atoms with Gasteiger partial charge < -0.3 is 11.5 Å². The van der Waals surface area contributed by atoms with Crippen LogP contribution in [-0.4, -0.2) is 22.6 Å². The molecule has 0 heterocycles. The lowest BCUT2D eigenvalue weighted by molar-refractivity contribution is -0.132. The second-order valence-corrected chi connectivity index (χ2v) is 10.1. The van der Waals surface area contributed by atoms with E-state index in [0.717, 1.165) is 51.4 Å². The van der Waals surface area contributed by atoms with E-state index >= 15 is 0 Å². The van der Waals surface area contributed by atoms with Crippen LogP contribution >= 0.6 is 0 Å². The summed E-state index contributed by atoms with van der Waals surface area (Å²) >= 11 is 0. The van der Waals surface area contributed by atoms with E-state index in [1.807, 2.05) is 0 Å². The lowest BCUT2D eigenvalue weighted by atomic mass is 9.45. The van der Waals surface area contributed by atoms with Crippen LogP contribution in [0.1, 0.15) is 91.9 Å². The summed E-state index contributed by atoms with van der Waals surface area (Å²) in [5.74, 6) is 0.796. The van der Waals surface area contributed by atoms with Gasteiger partial charge in [0, 0.05) is 23.8 Å². The predicted molar refractivity (Wildman–Crippen MR) is 109 cm³/mol. The van der Waals surface area contributed by atoms with Crippen LogP contribution < -0.4 is 11.5 Å². The fraction of sp³-hybridized carbons (Fsp3) is 0.826. The maximum atomic E-state index is 12.6. The van der Waals surface area contributed by atoms with E-state index in [1.54, 1.807) is 6.92 Å². The maximum Gasteiger partial charge on any atom is 0.150 e. The fourth-order valence-corrected chi connectivity index (χ4v) is 6.66. The van der Waals surface area contributed by atoms with Crippen molar-refractivity contribution in [1.29, 1.82) is 0 Å². The Kier molecular flexibility index (Phi) is 5.22. The van der Waals surface area contributed by atoms with Gasteiger partial charge in [-0.2, -0.15) is 0 Å². The van der Waals surface area contributed by atoms with Crippen molar-refractivity contribution < 1.29 is 9.59 Å². The number of hydrogen-bond donors (Lipinski definition) is 2. The summed E-state index contributed by atoms with van der Waals surface area (Å²) in [5, 5.41) is 0. The van der Waals surface area contributed by atoms with Gasteiger partial charge in [0.2, 0.25) is 0 Å². The van der Waals surface area contributed by atoms with Gasteiger partial charge in [-0.05, 0) is 63.2 Å². The van der Waals surface area contributed by atoms with E-state index in [2.05, 4.69) is 26.8 Å². The van der Waals surface area contributed by atoms with E-state index in [9.17, 15) is 9.59 Å². The van der Waals surface area contributed by atoms with E-state index < -0.39 is 5.54 Å². The third-order valence-corrected chi connectivity index (χ3v) is 8.84. The standard InChI is InChI=1S/C23H38N2O2/c1-5-11-22(24,16(2)26)20(3)13-14-23(25)18(15-20)7-6-17-8-9-19(27)10-12-21(17,23)4/h8,18H,5-7,9-15,24-25H2,1-4H3/t18-,20?,21?,22-,23+/m0/s1. The van der Waals surface area contributed by atoms with Crippen molar-refractivity contribution >= 4 is 11.6 Å². The van der Waals surface area contributed by atoms with Crippen LogP contribution in [0, 0.1) is 16.7 Å². The van der Waals surface area contributed by atoms with Crippen LogP contribution in [0.15, 0.2) is 11.6 Å². The smallest absolute Gasteiger partial charge is 0.150 e. The Labute approximate surface area is 164 Å². The van der Waals surface area contributed by atoms with Gasteiger partial charge in [-0.15, -0.1) is 0 Å². The summed E-state index contributed by atoms with van der Waals surface area (Å²) in [7, 11) is 0. The summed E-state index contributed by atoms with van der Waals surface area (Å²) < 4.78 is 0. The highest BCUT2D eigenvalue weighted by Gasteiger charge is 2.61. The number of ketones is 2. The van der Waals surface area contributed by atoms with Gasteiger partial charge in [0.05, 0.1) is 5.54 Å². The number of hydrogen-bond acceptors (Lipinski definition) is 4. The quantitative estimate of drug-likeness (QED) is 0.727. The zero-order valence-electron chi connectivity index (χ0n) is 17.7. The SMILES string of the molecule is CCC[C@](N)(C(C)=O)C1(C)CC[C@@]2(N)[C@@H](CCC3=CCC(=O)CCC32C)C1. The molecule has 3 rings (SSSR count). The Hall–Kier alpha value is -1.00. The van der Waals surface area contributed by atoms with Crippen LogP contribution in [0.3, 0.4) is 0 Å². The average molecular weight is 375 g/mol. The van der Waals surface area contributed by atoms with Gasteiger partial charge in [-0.25, -0.2) is 0 Å². The van der Waals surface area contributed by atoms with Crippen molar-refractivity contribution in [3.8, 4) is 0 Å². The molecule has 0 aromatic rings. The minimum atomic E-state index is -0.764. The Bertz CT molecular complexity index is 671. The van der Waals surface area contributed by atoms with Crippen molar-refractivity contribution in [2.24, 2.45) is 28.2 Å². The highest BCUT2D eigenvalue weighted by atomic mass is 16.1. The molecule has 2 saturated carbocycles. The molecule has 0 radical (unpaired) electrons. The van der Waals surface area contributed by atoms with Crippen molar-refractivity contribution in [3.63, 3.8) is 0 Å². The second kappa shape index (κ2) is 6.81. The molecule has 0 bridgehead atoms. The zero-order chi connectivity index (χ0) is 20.1. The molecule has 152 valence electrons. The molecule has 2 fully saturated rings. The fourth-order valence-electron chi connectivity index (χ4n) is 6.66. The van der Waals surface area contributed by atoms with Gasteiger partial charge in [0.15, 0.2) is 0 Å². The average Bonchev–Trinajstić information content (AvgIpc) is 2.76. The molecule has 0 spiro atoms. The van der Waals surface area contributed by atoms with E-state index in [1.165, 1.54) is 5.57 Å². The lowest BCUT2D eigenvalue weighted by Gasteiger charge is -2.63. The minimum absolute atomic E-state index is 0.109. The summed E-state index contributed by atoms with van der Waals surface area (Å²) in [5.41, 5.74) is 14.0. The molecular formula is C23H38N2O2. The number of allylic oxidation sites excluding steroid dienone is 1. The monoisotopic (exact) mass is 374 g/mol. The Morgan fingerprint density at radius 2 is 1.96 bits per heavy atom. The molecule has 4 nitrogen and oxygen atoms in total. The molecule has 27 heavy (non-hydrogen) atoms. The number of rotatable bonds is 4. The number of nitrogens with two attached hydrogens (primary N) is 2. The molecule has 3 aliphatic carbocycles. The van der Waals surface area contributed by atoms with Crippen LogP contribution in [0.2, 0.25) is 0 Å². The van der Waals surface area contributed by atoms with Crippen LogP contribution in [0.25, 0.3) is 0 Å². The molecule has 2 unspecified atom stereocenters. The first-order chi connectivity index (χ1) is 12.5. The van der Waals surface area contributed by atoms with Crippen LogP contribution in [0.4, 0.5) is 0 Å². The molecule has 3 aliphatic rings. The predicted octanol–water partition coefficient (Wildman–Crippen LogP) is 4.06. The summed E-state index contributed by atoms with van der Waals surface area (Å²) in [6, 6.07) is 0. The molecule has 5 atom stereocenters. The Balaban J connectivity index is 1.94. The third-order valence-electron chi connectivity index (χ3n) is 8.84.